The average Bonchev–Trinajstić information content (AvgIpc) is 2.50. The van der Waals surface area contributed by atoms with Gasteiger partial charge in [-0.15, -0.1) is 11.6 Å². The summed E-state index contributed by atoms with van der Waals surface area (Å²) >= 11 is 7.93. The summed E-state index contributed by atoms with van der Waals surface area (Å²) in [5, 5.41) is 0. The second kappa shape index (κ2) is 8.37. The highest BCUT2D eigenvalue weighted by atomic mass is 127. The monoisotopic (exact) mass is 402 g/mol. The summed E-state index contributed by atoms with van der Waals surface area (Å²) in [7, 11) is 0. The number of alkyl halides is 2. The van der Waals surface area contributed by atoms with Crippen molar-refractivity contribution in [2.45, 2.75) is 10.5 Å². The highest BCUT2D eigenvalue weighted by Crippen LogP contribution is 2.33. The lowest BCUT2D eigenvalue weighted by atomic mass is 10.2. The smallest absolute Gasteiger partial charge is 0.174 e. The molecule has 0 aromatic heterocycles. The topological polar surface area (TPSA) is 18.5 Å². The van der Waals surface area contributed by atoms with Crippen LogP contribution in [0.2, 0.25) is 0 Å². The Labute approximate surface area is 138 Å². The Kier molecular flexibility index (Phi) is 6.47. The molecule has 2 aromatic rings. The van der Waals surface area contributed by atoms with E-state index < -0.39 is 0 Å². The van der Waals surface area contributed by atoms with E-state index in [1.807, 2.05) is 54.6 Å². The van der Waals surface area contributed by atoms with Crippen molar-refractivity contribution in [3.63, 3.8) is 0 Å². The molecule has 1 atom stereocenters. The molecule has 2 rings (SSSR count). The predicted molar refractivity (Wildman–Crippen MR) is 91.1 cm³/mol. The van der Waals surface area contributed by atoms with Gasteiger partial charge in [0.25, 0.3) is 0 Å². The maximum absolute atomic E-state index is 5.99. The van der Waals surface area contributed by atoms with Gasteiger partial charge in [0.2, 0.25) is 0 Å². The number of hydrogen-bond acceptors (Lipinski definition) is 2. The third-order valence-electron chi connectivity index (χ3n) is 2.68. The summed E-state index contributed by atoms with van der Waals surface area (Å²) in [5.41, 5.74) is 1.13. The summed E-state index contributed by atoms with van der Waals surface area (Å²) in [6.07, 6.45) is 0.822. The van der Waals surface area contributed by atoms with Crippen molar-refractivity contribution in [2.24, 2.45) is 0 Å². The summed E-state index contributed by atoms with van der Waals surface area (Å²) < 4.78 is 11.6. The zero-order valence-corrected chi connectivity index (χ0v) is 13.9. The van der Waals surface area contributed by atoms with Gasteiger partial charge in [-0.05, 0) is 41.1 Å². The highest BCUT2D eigenvalue weighted by Gasteiger charge is 2.11. The summed E-state index contributed by atoms with van der Waals surface area (Å²) in [6.45, 7) is 0.598. The molecule has 1 unspecified atom stereocenters. The lowest BCUT2D eigenvalue weighted by molar-refractivity contribution is 0.264. The van der Waals surface area contributed by atoms with Crippen LogP contribution in [0, 0.1) is 0 Å². The van der Waals surface area contributed by atoms with Crippen molar-refractivity contribution in [1.29, 1.82) is 0 Å². The number of rotatable bonds is 7. The Morgan fingerprint density at radius 3 is 2.30 bits per heavy atom. The van der Waals surface area contributed by atoms with Gasteiger partial charge in [0.15, 0.2) is 15.6 Å². The molecule has 0 bridgehead atoms. The molecule has 0 spiro atoms. The quantitative estimate of drug-likeness (QED) is 0.360. The molecule has 0 aliphatic heterocycles. The van der Waals surface area contributed by atoms with Gasteiger partial charge in [0.1, 0.15) is 0 Å². The van der Waals surface area contributed by atoms with Crippen molar-refractivity contribution in [1.82, 2.24) is 0 Å². The zero-order chi connectivity index (χ0) is 14.2. The molecular formula is C16H16ClIO2. The first-order valence-electron chi connectivity index (χ1n) is 6.44. The van der Waals surface area contributed by atoms with E-state index in [1.165, 1.54) is 0 Å². The van der Waals surface area contributed by atoms with Crippen molar-refractivity contribution < 1.29 is 9.47 Å². The molecule has 0 aliphatic rings. The van der Waals surface area contributed by atoms with E-state index in [0.717, 1.165) is 23.5 Å². The Morgan fingerprint density at radius 2 is 1.60 bits per heavy atom. The summed E-state index contributed by atoms with van der Waals surface area (Å²) in [5.74, 6) is 2.11. The largest absolute Gasteiger partial charge is 0.490 e. The fourth-order valence-corrected chi connectivity index (χ4v) is 2.49. The average molecular weight is 403 g/mol. The molecule has 0 N–H and O–H groups in total. The van der Waals surface area contributed by atoms with Crippen LogP contribution in [-0.4, -0.2) is 12.5 Å². The van der Waals surface area contributed by atoms with Crippen LogP contribution >= 0.6 is 34.2 Å². The van der Waals surface area contributed by atoms with Gasteiger partial charge in [-0.25, -0.2) is 0 Å². The fourth-order valence-electron chi connectivity index (χ4n) is 1.69. The highest BCUT2D eigenvalue weighted by molar-refractivity contribution is 14.1. The normalized spacial score (nSPS) is 11.9. The van der Waals surface area contributed by atoms with Gasteiger partial charge < -0.3 is 9.47 Å². The second-order valence-corrected chi connectivity index (χ2v) is 5.69. The minimum atomic E-state index is -0.0495. The third-order valence-corrected chi connectivity index (χ3v) is 3.92. The molecule has 0 radical (unpaired) electrons. The van der Waals surface area contributed by atoms with Crippen LogP contribution in [0.3, 0.4) is 0 Å². The van der Waals surface area contributed by atoms with Crippen LogP contribution in [-0.2, 0) is 0 Å². The van der Waals surface area contributed by atoms with Crippen molar-refractivity contribution in [3.05, 3.63) is 60.2 Å². The first-order valence-corrected chi connectivity index (χ1v) is 8.22. The molecular weight excluding hydrogens is 387 g/mol. The van der Waals surface area contributed by atoms with Crippen LogP contribution in [0.4, 0.5) is 0 Å². The zero-order valence-electron chi connectivity index (χ0n) is 11.0. The fraction of sp³-hybridized carbons (Fsp3) is 0.250. The van der Waals surface area contributed by atoms with E-state index in [4.69, 9.17) is 21.1 Å². The van der Waals surface area contributed by atoms with Gasteiger partial charge in [0, 0.05) is 11.4 Å². The second-order valence-electron chi connectivity index (χ2n) is 4.18. The Balaban J connectivity index is 2.05. The maximum atomic E-state index is 5.99. The molecule has 0 saturated heterocycles. The lowest BCUT2D eigenvalue weighted by Crippen LogP contribution is -2.03. The van der Waals surface area contributed by atoms with Crippen LogP contribution in [0.25, 0.3) is 0 Å². The van der Waals surface area contributed by atoms with Gasteiger partial charge in [-0.3, -0.25) is 0 Å². The molecule has 20 heavy (non-hydrogen) atoms. The molecule has 0 fully saturated rings. The molecule has 106 valence electrons. The van der Waals surface area contributed by atoms with Gasteiger partial charge in [-0.2, -0.15) is 0 Å². The number of para-hydroxylation sites is 2. The predicted octanol–water partition coefficient (Wildman–Crippen LogP) is 5.21. The molecule has 4 heteroatoms. The van der Waals surface area contributed by atoms with Crippen LogP contribution in [0.15, 0.2) is 54.6 Å². The third kappa shape index (κ3) is 4.56. The van der Waals surface area contributed by atoms with E-state index in [2.05, 4.69) is 22.6 Å². The van der Waals surface area contributed by atoms with E-state index in [-0.39, 0.29) is 4.11 Å². The lowest BCUT2D eigenvalue weighted by Gasteiger charge is -2.16. The van der Waals surface area contributed by atoms with E-state index in [9.17, 15) is 0 Å². The molecule has 0 amide bonds. The molecule has 2 nitrogen and oxygen atoms in total. The van der Waals surface area contributed by atoms with Crippen LogP contribution < -0.4 is 9.47 Å². The number of halogens is 2. The maximum Gasteiger partial charge on any atom is 0.174 e. The van der Waals surface area contributed by atoms with Gasteiger partial charge >= 0.3 is 0 Å². The van der Waals surface area contributed by atoms with E-state index in [0.29, 0.717) is 12.5 Å². The Hall–Kier alpha value is -0.940. The molecule has 0 heterocycles. The Morgan fingerprint density at radius 1 is 0.950 bits per heavy atom. The van der Waals surface area contributed by atoms with Crippen LogP contribution in [0.5, 0.6) is 11.5 Å². The number of hydrogen-bond donors (Lipinski definition) is 0. The number of benzene rings is 2. The molecule has 0 saturated carbocycles. The first kappa shape index (κ1) is 15.4. The summed E-state index contributed by atoms with van der Waals surface area (Å²) in [6, 6.07) is 17.8. The molecule has 2 aromatic carbocycles. The van der Waals surface area contributed by atoms with Crippen LogP contribution in [0.1, 0.15) is 16.1 Å². The van der Waals surface area contributed by atoms with Gasteiger partial charge in [0.05, 0.1) is 6.61 Å². The standard InChI is InChI=1S/C16H16ClIO2/c17-11-6-12-19-14-9-4-5-10-15(14)20-16(18)13-7-2-1-3-8-13/h1-5,7-10,16H,6,11-12H2. The first-order chi connectivity index (χ1) is 9.81. The SMILES string of the molecule is ClCCCOc1ccccc1OC(I)c1ccccc1. The van der Waals surface area contributed by atoms with Crippen molar-refractivity contribution in [3.8, 4) is 11.5 Å². The minimum Gasteiger partial charge on any atom is -0.490 e. The van der Waals surface area contributed by atoms with Gasteiger partial charge in [-0.1, -0.05) is 42.5 Å². The van der Waals surface area contributed by atoms with E-state index >= 15 is 0 Å². The van der Waals surface area contributed by atoms with Crippen molar-refractivity contribution in [2.75, 3.05) is 12.5 Å². The number of ether oxygens (including phenoxy) is 2. The Bertz CT molecular complexity index is 519. The minimum absolute atomic E-state index is 0.0495. The van der Waals surface area contributed by atoms with E-state index in [1.54, 1.807) is 0 Å². The molecule has 0 aliphatic carbocycles. The van der Waals surface area contributed by atoms with Crippen molar-refractivity contribution >= 4 is 34.2 Å². The summed E-state index contributed by atoms with van der Waals surface area (Å²) in [4.78, 5) is 0.